The average Bonchev–Trinajstić information content (AvgIpc) is 2.27. The van der Waals surface area contributed by atoms with Crippen molar-refractivity contribution < 1.29 is 14.5 Å². The Balaban J connectivity index is 3.07. The summed E-state index contributed by atoms with van der Waals surface area (Å²) >= 11 is 0. The normalized spacial score (nSPS) is 10.9. The van der Waals surface area contributed by atoms with Crippen molar-refractivity contribution in [2.24, 2.45) is 0 Å². The summed E-state index contributed by atoms with van der Waals surface area (Å²) in [6.07, 6.45) is 0.660. The number of carbonyl (C=O) groups excluding carboxylic acids is 1. The molecule has 0 aliphatic heterocycles. The third-order valence-corrected chi connectivity index (χ3v) is 1.81. The standard InChI is InChI=1S/C11H11NO4/c1-2-16-11(13)10(8-12(14)15)9-6-4-3-5-7-9/h3-8H,2H2,1H3. The Kier molecular flexibility index (Phi) is 4.20. The highest BCUT2D eigenvalue weighted by Gasteiger charge is 2.16. The number of ether oxygens (including phenoxy) is 1. The van der Waals surface area contributed by atoms with Gasteiger partial charge in [0.2, 0.25) is 6.20 Å². The summed E-state index contributed by atoms with van der Waals surface area (Å²) in [7, 11) is 0. The Morgan fingerprint density at radius 3 is 2.56 bits per heavy atom. The van der Waals surface area contributed by atoms with Crippen LogP contribution in [0.5, 0.6) is 0 Å². The van der Waals surface area contributed by atoms with E-state index in [1.807, 2.05) is 0 Å². The zero-order valence-corrected chi connectivity index (χ0v) is 8.75. The highest BCUT2D eigenvalue weighted by Crippen LogP contribution is 2.15. The van der Waals surface area contributed by atoms with E-state index in [-0.39, 0.29) is 12.2 Å². The van der Waals surface area contributed by atoms with Crippen LogP contribution in [-0.2, 0) is 9.53 Å². The third kappa shape index (κ3) is 3.20. The van der Waals surface area contributed by atoms with Crippen molar-refractivity contribution in [3.05, 3.63) is 52.2 Å². The maximum atomic E-state index is 11.5. The third-order valence-electron chi connectivity index (χ3n) is 1.81. The number of benzene rings is 1. The van der Waals surface area contributed by atoms with Gasteiger partial charge in [0.25, 0.3) is 0 Å². The van der Waals surface area contributed by atoms with Crippen LogP contribution in [0.4, 0.5) is 0 Å². The van der Waals surface area contributed by atoms with Gasteiger partial charge in [0.05, 0.1) is 11.5 Å². The van der Waals surface area contributed by atoms with Gasteiger partial charge < -0.3 is 4.74 Å². The van der Waals surface area contributed by atoms with Crippen molar-refractivity contribution in [2.75, 3.05) is 6.61 Å². The monoisotopic (exact) mass is 221 g/mol. The van der Waals surface area contributed by atoms with E-state index in [0.29, 0.717) is 11.8 Å². The van der Waals surface area contributed by atoms with Crippen molar-refractivity contribution in [2.45, 2.75) is 6.92 Å². The summed E-state index contributed by atoms with van der Waals surface area (Å²) in [5.41, 5.74) is 0.421. The molecule has 0 bridgehead atoms. The molecule has 84 valence electrons. The van der Waals surface area contributed by atoms with Crippen molar-refractivity contribution in [3.63, 3.8) is 0 Å². The van der Waals surface area contributed by atoms with Crippen LogP contribution in [0.3, 0.4) is 0 Å². The lowest BCUT2D eigenvalue weighted by Gasteiger charge is -2.03. The molecule has 1 rings (SSSR count). The summed E-state index contributed by atoms with van der Waals surface area (Å²) in [5, 5.41) is 10.4. The first kappa shape index (κ1) is 11.9. The van der Waals surface area contributed by atoms with E-state index < -0.39 is 10.9 Å². The predicted octanol–water partition coefficient (Wildman–Crippen LogP) is 1.87. The molecule has 0 unspecified atom stereocenters. The number of carbonyl (C=O) groups is 1. The lowest BCUT2D eigenvalue weighted by molar-refractivity contribution is -0.401. The van der Waals surface area contributed by atoms with Crippen LogP contribution >= 0.6 is 0 Å². The Labute approximate surface area is 92.5 Å². The average molecular weight is 221 g/mol. The van der Waals surface area contributed by atoms with E-state index in [2.05, 4.69) is 0 Å². The highest BCUT2D eigenvalue weighted by atomic mass is 16.6. The maximum Gasteiger partial charge on any atom is 0.345 e. The summed E-state index contributed by atoms with van der Waals surface area (Å²) in [6.45, 7) is 1.83. The fourth-order valence-electron chi connectivity index (χ4n) is 1.18. The van der Waals surface area contributed by atoms with Gasteiger partial charge in [0, 0.05) is 0 Å². The first-order valence-electron chi connectivity index (χ1n) is 4.73. The Hall–Kier alpha value is -2.17. The van der Waals surface area contributed by atoms with Crippen molar-refractivity contribution >= 4 is 11.5 Å². The molecule has 0 aliphatic rings. The minimum atomic E-state index is -0.689. The summed E-state index contributed by atoms with van der Waals surface area (Å²) < 4.78 is 4.75. The molecule has 0 aromatic heterocycles. The minimum Gasteiger partial charge on any atom is -0.462 e. The molecule has 0 radical (unpaired) electrons. The van der Waals surface area contributed by atoms with Crippen LogP contribution in [-0.4, -0.2) is 17.5 Å². The molecule has 16 heavy (non-hydrogen) atoms. The fourth-order valence-corrected chi connectivity index (χ4v) is 1.18. The largest absolute Gasteiger partial charge is 0.462 e. The highest BCUT2D eigenvalue weighted by molar-refractivity contribution is 6.16. The number of hydrogen-bond donors (Lipinski definition) is 0. The molecule has 5 nitrogen and oxygen atoms in total. The molecule has 1 aromatic carbocycles. The first-order chi connectivity index (χ1) is 7.65. The lowest BCUT2D eigenvalue weighted by Crippen LogP contribution is -2.08. The van der Waals surface area contributed by atoms with Gasteiger partial charge in [-0.1, -0.05) is 30.3 Å². The van der Waals surface area contributed by atoms with E-state index in [0.717, 1.165) is 0 Å². The molecular weight excluding hydrogens is 210 g/mol. The molecule has 0 N–H and O–H groups in total. The molecular formula is C11H11NO4. The molecule has 0 heterocycles. The minimum absolute atomic E-state index is 0.0487. The zero-order chi connectivity index (χ0) is 12.0. The van der Waals surface area contributed by atoms with Gasteiger partial charge >= 0.3 is 5.97 Å². The second-order valence-corrected chi connectivity index (χ2v) is 2.91. The van der Waals surface area contributed by atoms with E-state index >= 15 is 0 Å². The lowest BCUT2D eigenvalue weighted by atomic mass is 10.1. The van der Waals surface area contributed by atoms with Crippen LogP contribution in [0.15, 0.2) is 36.5 Å². The van der Waals surface area contributed by atoms with Crippen LogP contribution in [0.1, 0.15) is 12.5 Å². The quantitative estimate of drug-likeness (QED) is 0.337. The van der Waals surface area contributed by atoms with Crippen LogP contribution in [0.2, 0.25) is 0 Å². The molecule has 0 atom stereocenters. The van der Waals surface area contributed by atoms with Crippen LogP contribution in [0, 0.1) is 10.1 Å². The number of hydrogen-bond acceptors (Lipinski definition) is 4. The van der Waals surface area contributed by atoms with Crippen molar-refractivity contribution in [3.8, 4) is 0 Å². The van der Waals surface area contributed by atoms with E-state index in [1.165, 1.54) is 0 Å². The zero-order valence-electron chi connectivity index (χ0n) is 8.75. The van der Waals surface area contributed by atoms with Crippen LogP contribution in [0.25, 0.3) is 5.57 Å². The van der Waals surface area contributed by atoms with Gasteiger partial charge in [0.1, 0.15) is 5.57 Å². The smallest absolute Gasteiger partial charge is 0.345 e. The molecule has 0 fully saturated rings. The number of rotatable bonds is 4. The van der Waals surface area contributed by atoms with Crippen molar-refractivity contribution in [1.82, 2.24) is 0 Å². The SMILES string of the molecule is CCOC(=O)C(=C[N+](=O)[O-])c1ccccc1. The predicted molar refractivity (Wildman–Crippen MR) is 58.0 cm³/mol. The fraction of sp³-hybridized carbons (Fsp3) is 0.182. The molecule has 0 amide bonds. The summed E-state index contributed by atoms with van der Waals surface area (Å²) in [5.74, 6) is -0.689. The summed E-state index contributed by atoms with van der Waals surface area (Å²) in [6, 6.07) is 8.39. The van der Waals surface area contributed by atoms with Gasteiger partial charge in [-0.3, -0.25) is 10.1 Å². The topological polar surface area (TPSA) is 69.4 Å². The van der Waals surface area contributed by atoms with Gasteiger partial charge in [0.15, 0.2) is 0 Å². The maximum absolute atomic E-state index is 11.5. The van der Waals surface area contributed by atoms with Crippen LogP contribution < -0.4 is 0 Å². The first-order valence-corrected chi connectivity index (χ1v) is 4.73. The number of nitrogens with zero attached hydrogens (tertiary/aromatic N) is 1. The Bertz CT molecular complexity index is 411. The Morgan fingerprint density at radius 2 is 2.06 bits per heavy atom. The van der Waals surface area contributed by atoms with E-state index in [4.69, 9.17) is 4.74 Å². The van der Waals surface area contributed by atoms with E-state index in [1.54, 1.807) is 37.3 Å². The molecule has 0 aliphatic carbocycles. The van der Waals surface area contributed by atoms with Gasteiger partial charge in [-0.05, 0) is 12.5 Å². The van der Waals surface area contributed by atoms with Crippen molar-refractivity contribution in [1.29, 1.82) is 0 Å². The number of esters is 1. The molecule has 1 aromatic rings. The number of nitro groups is 1. The van der Waals surface area contributed by atoms with Gasteiger partial charge in [-0.2, -0.15) is 0 Å². The molecule has 0 saturated heterocycles. The van der Waals surface area contributed by atoms with E-state index in [9.17, 15) is 14.9 Å². The molecule has 0 saturated carbocycles. The van der Waals surface area contributed by atoms with Gasteiger partial charge in [-0.25, -0.2) is 4.79 Å². The summed E-state index contributed by atoms with van der Waals surface area (Å²) in [4.78, 5) is 21.2. The second-order valence-electron chi connectivity index (χ2n) is 2.91. The Morgan fingerprint density at radius 1 is 1.44 bits per heavy atom. The second kappa shape index (κ2) is 5.65. The van der Waals surface area contributed by atoms with Gasteiger partial charge in [-0.15, -0.1) is 0 Å². The molecule has 5 heteroatoms. The molecule has 0 spiro atoms.